The molecule has 0 heterocycles. The quantitative estimate of drug-likeness (QED) is 0.702. The van der Waals surface area contributed by atoms with Crippen molar-refractivity contribution in [2.45, 2.75) is 63.4 Å². The van der Waals surface area contributed by atoms with Crippen LogP contribution in [-0.4, -0.2) is 41.4 Å². The highest BCUT2D eigenvalue weighted by Gasteiger charge is 2.31. The van der Waals surface area contributed by atoms with Crippen LogP contribution >= 0.6 is 7.14 Å². The zero-order chi connectivity index (χ0) is 13.3. The van der Waals surface area contributed by atoms with Crippen molar-refractivity contribution in [1.82, 2.24) is 0 Å². The maximum Gasteiger partial charge on any atom is 0.0908 e. The summed E-state index contributed by atoms with van der Waals surface area (Å²) < 4.78 is 13.1. The van der Waals surface area contributed by atoms with Crippen molar-refractivity contribution >= 4 is 7.14 Å². The van der Waals surface area contributed by atoms with E-state index in [2.05, 4.69) is 0 Å². The third-order valence-electron chi connectivity index (χ3n) is 4.13. The maximum atomic E-state index is 13.1. The van der Waals surface area contributed by atoms with Gasteiger partial charge in [0.15, 0.2) is 0 Å². The van der Waals surface area contributed by atoms with Gasteiger partial charge in [0.25, 0.3) is 0 Å². The molecule has 1 aliphatic carbocycles. The fourth-order valence-corrected chi connectivity index (χ4v) is 6.67. The summed E-state index contributed by atoms with van der Waals surface area (Å²) in [6, 6.07) is 0. The molecule has 1 aliphatic rings. The zero-order valence-electron chi connectivity index (χ0n) is 11.5. The summed E-state index contributed by atoms with van der Waals surface area (Å²) in [4.78, 5) is 0. The second kappa shape index (κ2) is 9.12. The summed E-state index contributed by atoms with van der Waals surface area (Å²) in [7, 11) is -2.19. The molecule has 0 unspecified atom stereocenters. The van der Waals surface area contributed by atoms with Crippen molar-refractivity contribution in [2.24, 2.45) is 0 Å². The molecule has 3 nitrogen and oxygen atoms in total. The third-order valence-corrected chi connectivity index (χ3v) is 8.12. The Kier molecular flexibility index (Phi) is 8.21. The van der Waals surface area contributed by atoms with Crippen LogP contribution in [-0.2, 0) is 4.57 Å². The van der Waals surface area contributed by atoms with Gasteiger partial charge in [0.2, 0.25) is 0 Å². The van der Waals surface area contributed by atoms with E-state index in [0.29, 0.717) is 30.8 Å². The number of aliphatic hydroxyl groups is 2. The van der Waals surface area contributed by atoms with Gasteiger partial charge in [-0.25, -0.2) is 0 Å². The molecule has 0 aromatic heterocycles. The molecule has 4 heteroatoms. The zero-order valence-corrected chi connectivity index (χ0v) is 12.4. The first-order chi connectivity index (χ1) is 8.73. The first kappa shape index (κ1) is 16.2. The molecule has 1 saturated carbocycles. The first-order valence-corrected chi connectivity index (χ1v) is 9.67. The lowest BCUT2D eigenvalue weighted by Crippen LogP contribution is -2.16. The Labute approximate surface area is 111 Å². The van der Waals surface area contributed by atoms with Crippen LogP contribution in [0.2, 0.25) is 0 Å². The van der Waals surface area contributed by atoms with Crippen LogP contribution in [0.15, 0.2) is 0 Å². The number of rotatable bonds is 7. The largest absolute Gasteiger partial charge is 0.396 e. The molecule has 18 heavy (non-hydrogen) atoms. The molecule has 0 radical (unpaired) electrons. The summed E-state index contributed by atoms with van der Waals surface area (Å²) >= 11 is 0. The number of hydrogen-bond donors (Lipinski definition) is 2. The van der Waals surface area contributed by atoms with Gasteiger partial charge < -0.3 is 14.8 Å². The average molecular weight is 276 g/mol. The molecule has 0 aromatic carbocycles. The standard InChI is InChI=1S/C14H29O3P/c15-10-6-12-18(17,13-7-11-16)14-8-4-2-1-3-5-9-14/h14-16H,1-13H2. The van der Waals surface area contributed by atoms with Gasteiger partial charge in [-0.05, 0) is 25.7 Å². The van der Waals surface area contributed by atoms with Crippen LogP contribution in [0, 0.1) is 0 Å². The van der Waals surface area contributed by atoms with Gasteiger partial charge in [0, 0.05) is 31.2 Å². The first-order valence-electron chi connectivity index (χ1n) is 7.52. The monoisotopic (exact) mass is 276 g/mol. The molecule has 0 amide bonds. The Morgan fingerprint density at radius 1 is 0.833 bits per heavy atom. The number of aliphatic hydroxyl groups excluding tert-OH is 2. The van der Waals surface area contributed by atoms with Crippen molar-refractivity contribution in [3.63, 3.8) is 0 Å². The predicted molar refractivity (Wildman–Crippen MR) is 76.9 cm³/mol. The SMILES string of the molecule is O=P(CCCO)(CCCO)C1CCCCCCC1. The lowest BCUT2D eigenvalue weighted by molar-refractivity contribution is 0.292. The topological polar surface area (TPSA) is 57.5 Å². The summed E-state index contributed by atoms with van der Waals surface area (Å²) in [5.41, 5.74) is 0.357. The van der Waals surface area contributed by atoms with Gasteiger partial charge in [0.1, 0.15) is 0 Å². The third kappa shape index (κ3) is 5.42. The Hall–Kier alpha value is 0.150. The fourth-order valence-electron chi connectivity index (χ4n) is 3.06. The summed E-state index contributed by atoms with van der Waals surface area (Å²) in [5, 5.41) is 18.0. The van der Waals surface area contributed by atoms with E-state index < -0.39 is 7.14 Å². The Morgan fingerprint density at radius 3 is 1.72 bits per heavy atom. The van der Waals surface area contributed by atoms with Gasteiger partial charge in [-0.1, -0.05) is 32.1 Å². The molecule has 0 aliphatic heterocycles. The lowest BCUT2D eigenvalue weighted by atomic mass is 10.0. The van der Waals surface area contributed by atoms with Gasteiger partial charge >= 0.3 is 0 Å². The molecule has 0 aromatic rings. The molecule has 0 spiro atoms. The van der Waals surface area contributed by atoms with Crippen molar-refractivity contribution in [3.8, 4) is 0 Å². The highest BCUT2D eigenvalue weighted by molar-refractivity contribution is 7.64. The van der Waals surface area contributed by atoms with Crippen LogP contribution in [0.5, 0.6) is 0 Å². The van der Waals surface area contributed by atoms with E-state index in [1.54, 1.807) is 0 Å². The van der Waals surface area contributed by atoms with Crippen LogP contribution in [0.3, 0.4) is 0 Å². The molecule has 0 saturated heterocycles. The second-order valence-electron chi connectivity index (χ2n) is 5.55. The number of hydrogen-bond acceptors (Lipinski definition) is 3. The van der Waals surface area contributed by atoms with E-state index in [0.717, 1.165) is 12.8 Å². The lowest BCUT2D eigenvalue weighted by Gasteiger charge is -2.29. The van der Waals surface area contributed by atoms with Crippen molar-refractivity contribution in [2.75, 3.05) is 25.5 Å². The van der Waals surface area contributed by atoms with Crippen molar-refractivity contribution < 1.29 is 14.8 Å². The second-order valence-corrected chi connectivity index (χ2v) is 9.08. The van der Waals surface area contributed by atoms with E-state index in [9.17, 15) is 4.57 Å². The van der Waals surface area contributed by atoms with Gasteiger partial charge in [-0.15, -0.1) is 0 Å². The molecular weight excluding hydrogens is 247 g/mol. The van der Waals surface area contributed by atoms with E-state index in [4.69, 9.17) is 10.2 Å². The van der Waals surface area contributed by atoms with Crippen molar-refractivity contribution in [3.05, 3.63) is 0 Å². The molecule has 1 fully saturated rings. The fraction of sp³-hybridized carbons (Fsp3) is 1.00. The van der Waals surface area contributed by atoms with Crippen molar-refractivity contribution in [1.29, 1.82) is 0 Å². The molecule has 0 atom stereocenters. The summed E-state index contributed by atoms with van der Waals surface area (Å²) in [6.07, 6.45) is 11.1. The molecule has 0 bridgehead atoms. The minimum absolute atomic E-state index is 0.135. The normalized spacial score (nSPS) is 19.4. The van der Waals surface area contributed by atoms with Crippen LogP contribution in [0.25, 0.3) is 0 Å². The Balaban J connectivity index is 2.62. The van der Waals surface area contributed by atoms with E-state index in [1.165, 1.54) is 32.1 Å². The van der Waals surface area contributed by atoms with E-state index in [1.807, 2.05) is 0 Å². The van der Waals surface area contributed by atoms with Gasteiger partial charge in [0.05, 0.1) is 7.14 Å². The minimum atomic E-state index is -2.19. The Morgan fingerprint density at radius 2 is 1.28 bits per heavy atom. The molecule has 108 valence electrons. The van der Waals surface area contributed by atoms with Gasteiger partial charge in [-0.2, -0.15) is 0 Å². The van der Waals surface area contributed by atoms with Crippen LogP contribution in [0.1, 0.15) is 57.8 Å². The Bertz CT molecular complexity index is 235. The smallest absolute Gasteiger partial charge is 0.0908 e. The van der Waals surface area contributed by atoms with Crippen LogP contribution in [0.4, 0.5) is 0 Å². The maximum absolute atomic E-state index is 13.1. The highest BCUT2D eigenvalue weighted by atomic mass is 31.2. The summed E-state index contributed by atoms with van der Waals surface area (Å²) in [6.45, 7) is 0.270. The molecule has 1 rings (SSSR count). The van der Waals surface area contributed by atoms with E-state index in [-0.39, 0.29) is 13.2 Å². The summed E-state index contributed by atoms with van der Waals surface area (Å²) in [5.74, 6) is 0. The molecular formula is C14H29O3P. The predicted octanol–water partition coefficient (Wildman–Crippen LogP) is 3.23. The minimum Gasteiger partial charge on any atom is -0.396 e. The van der Waals surface area contributed by atoms with Crippen LogP contribution < -0.4 is 0 Å². The van der Waals surface area contributed by atoms with Gasteiger partial charge in [-0.3, -0.25) is 0 Å². The average Bonchev–Trinajstić information content (AvgIpc) is 2.33. The van der Waals surface area contributed by atoms with E-state index >= 15 is 0 Å². The highest BCUT2D eigenvalue weighted by Crippen LogP contribution is 2.55. The molecule has 2 N–H and O–H groups in total.